The minimum absolute atomic E-state index is 0.0262. The van der Waals surface area contributed by atoms with Crippen molar-refractivity contribution < 1.29 is 4.79 Å². The number of aromatic nitrogens is 2. The molecule has 0 radical (unpaired) electrons. The van der Waals surface area contributed by atoms with Crippen LogP contribution in [0, 0.1) is 0 Å². The van der Waals surface area contributed by atoms with Crippen molar-refractivity contribution >= 4 is 22.4 Å². The van der Waals surface area contributed by atoms with Gasteiger partial charge >= 0.3 is 0 Å². The summed E-state index contributed by atoms with van der Waals surface area (Å²) in [6.45, 7) is 6.69. The molecule has 2 aromatic heterocycles. The first-order valence-corrected chi connectivity index (χ1v) is 11.9. The highest BCUT2D eigenvalue weighted by Gasteiger charge is 2.14. The molecule has 2 N–H and O–H groups in total. The Hall–Kier alpha value is -2.81. The van der Waals surface area contributed by atoms with Crippen LogP contribution in [0.3, 0.4) is 0 Å². The van der Waals surface area contributed by atoms with E-state index in [2.05, 4.69) is 43.5 Å². The van der Waals surface area contributed by atoms with Crippen LogP contribution >= 0.6 is 11.3 Å². The van der Waals surface area contributed by atoms with Crippen molar-refractivity contribution in [2.24, 2.45) is 0 Å². The molecule has 0 saturated carbocycles. The number of hydrogen-bond donors (Lipinski definition) is 2. The molecule has 1 saturated heterocycles. The fraction of sp³-hybridized carbons (Fsp3) is 0.375. The second-order valence-electron chi connectivity index (χ2n) is 8.05. The van der Waals surface area contributed by atoms with Crippen molar-refractivity contribution in [3.63, 3.8) is 0 Å². The summed E-state index contributed by atoms with van der Waals surface area (Å²) in [5.74, 6) is -0.0262. The third-order valence-corrected chi connectivity index (χ3v) is 6.47. The lowest BCUT2D eigenvalue weighted by Crippen LogP contribution is -2.46. The first kappa shape index (κ1) is 22.4. The Bertz CT molecular complexity index is 983. The Labute approximate surface area is 193 Å². The predicted molar refractivity (Wildman–Crippen MR) is 130 cm³/mol. The number of likely N-dealkylation sites (N-methyl/N-ethyl adjacent to an activating group) is 1. The largest absolute Gasteiger partial charge is 0.361 e. The van der Waals surface area contributed by atoms with Crippen molar-refractivity contribution in [3.05, 3.63) is 65.3 Å². The molecule has 8 heteroatoms. The van der Waals surface area contributed by atoms with Gasteiger partial charge < -0.3 is 15.5 Å². The van der Waals surface area contributed by atoms with E-state index in [1.54, 1.807) is 17.5 Å². The summed E-state index contributed by atoms with van der Waals surface area (Å²) in [7, 11) is 2.15. The van der Waals surface area contributed by atoms with E-state index >= 15 is 0 Å². The number of pyridine rings is 1. The summed E-state index contributed by atoms with van der Waals surface area (Å²) in [5.41, 5.74) is 3.81. The van der Waals surface area contributed by atoms with Crippen LogP contribution in [0.1, 0.15) is 15.9 Å². The number of hydrogen-bond acceptors (Lipinski definition) is 7. The van der Waals surface area contributed by atoms with Crippen LogP contribution in [0.5, 0.6) is 0 Å². The lowest BCUT2D eigenvalue weighted by atomic mass is 10.1. The molecule has 168 valence electrons. The molecule has 7 nitrogen and oxygen atoms in total. The zero-order chi connectivity index (χ0) is 22.2. The molecule has 3 aromatic rings. The Morgan fingerprint density at radius 2 is 1.91 bits per heavy atom. The highest BCUT2D eigenvalue weighted by Crippen LogP contribution is 2.25. The minimum Gasteiger partial charge on any atom is -0.361 e. The molecule has 3 heterocycles. The summed E-state index contributed by atoms with van der Waals surface area (Å²) in [5, 5.41) is 9.35. The monoisotopic (exact) mass is 450 g/mol. The highest BCUT2D eigenvalue weighted by atomic mass is 32.1. The molecule has 1 amide bonds. The maximum atomic E-state index is 12.5. The van der Waals surface area contributed by atoms with E-state index in [0.29, 0.717) is 12.1 Å². The molecule has 0 atom stereocenters. The van der Waals surface area contributed by atoms with Gasteiger partial charge in [-0.15, -0.1) is 11.3 Å². The Kier molecular flexibility index (Phi) is 7.82. The third-order valence-electron chi connectivity index (χ3n) is 5.67. The van der Waals surface area contributed by atoms with E-state index in [-0.39, 0.29) is 5.91 Å². The van der Waals surface area contributed by atoms with E-state index in [1.807, 2.05) is 41.9 Å². The normalized spacial score (nSPS) is 14.9. The molecular formula is C24H30N6OS. The van der Waals surface area contributed by atoms with Crippen molar-refractivity contribution in [3.8, 4) is 11.3 Å². The number of benzene rings is 1. The number of piperazine rings is 1. The maximum absolute atomic E-state index is 12.5. The number of carbonyl (C=O) groups excluding carboxylic acids is 1. The van der Waals surface area contributed by atoms with Crippen molar-refractivity contribution in [2.75, 3.05) is 58.2 Å². The molecule has 1 aliphatic rings. The van der Waals surface area contributed by atoms with Gasteiger partial charge in [0, 0.05) is 74.7 Å². The molecule has 4 rings (SSSR count). The average molecular weight is 451 g/mol. The van der Waals surface area contributed by atoms with E-state index in [0.717, 1.165) is 62.1 Å². The van der Waals surface area contributed by atoms with Crippen LogP contribution in [0.2, 0.25) is 0 Å². The summed E-state index contributed by atoms with van der Waals surface area (Å²) in [6.07, 6.45) is 4.58. The number of amides is 1. The number of anilines is 1. The van der Waals surface area contributed by atoms with E-state index in [9.17, 15) is 4.79 Å². The lowest BCUT2D eigenvalue weighted by Gasteiger charge is -2.32. The van der Waals surface area contributed by atoms with Gasteiger partial charge in [0.1, 0.15) is 0 Å². The lowest BCUT2D eigenvalue weighted by molar-refractivity contribution is 0.0941. The van der Waals surface area contributed by atoms with E-state index < -0.39 is 0 Å². The number of nitrogens with zero attached hydrogens (tertiary/aromatic N) is 4. The summed E-state index contributed by atoms with van der Waals surface area (Å²) in [4.78, 5) is 26.0. The van der Waals surface area contributed by atoms with E-state index in [4.69, 9.17) is 0 Å². The molecule has 1 fully saturated rings. The number of thiazole rings is 1. The fourth-order valence-corrected chi connectivity index (χ4v) is 4.39. The first-order valence-electron chi connectivity index (χ1n) is 11.1. The first-order chi connectivity index (χ1) is 15.7. The predicted octanol–water partition coefficient (Wildman–Crippen LogP) is 2.84. The third kappa shape index (κ3) is 6.35. The van der Waals surface area contributed by atoms with Gasteiger partial charge in [0.15, 0.2) is 5.13 Å². The van der Waals surface area contributed by atoms with Crippen LogP contribution in [0.15, 0.2) is 54.2 Å². The zero-order valence-corrected chi connectivity index (χ0v) is 19.3. The SMILES string of the molecule is CN1CCN(CCNC(=O)c2ccc(-c3csc(NCCc4cccnc4)n3)cc2)CC1. The summed E-state index contributed by atoms with van der Waals surface area (Å²) in [6, 6.07) is 11.7. The Morgan fingerprint density at radius 3 is 2.66 bits per heavy atom. The van der Waals surface area contributed by atoms with Gasteiger partial charge in [-0.2, -0.15) is 0 Å². The fourth-order valence-electron chi connectivity index (χ4n) is 3.64. The second-order valence-corrected chi connectivity index (χ2v) is 8.91. The summed E-state index contributed by atoms with van der Waals surface area (Å²) >= 11 is 1.59. The van der Waals surface area contributed by atoms with Crippen LogP contribution in [0.4, 0.5) is 5.13 Å². The molecule has 0 aliphatic carbocycles. The molecule has 0 bridgehead atoms. The summed E-state index contributed by atoms with van der Waals surface area (Å²) < 4.78 is 0. The van der Waals surface area contributed by atoms with Gasteiger partial charge in [-0.3, -0.25) is 14.7 Å². The van der Waals surface area contributed by atoms with Crippen LogP contribution in [-0.4, -0.2) is 78.5 Å². The van der Waals surface area contributed by atoms with Gasteiger partial charge in [-0.25, -0.2) is 4.98 Å². The van der Waals surface area contributed by atoms with Crippen LogP contribution < -0.4 is 10.6 Å². The van der Waals surface area contributed by atoms with Gasteiger partial charge in [-0.05, 0) is 37.2 Å². The quantitative estimate of drug-likeness (QED) is 0.522. The Balaban J connectivity index is 1.23. The molecule has 0 spiro atoms. The van der Waals surface area contributed by atoms with Crippen LogP contribution in [0.25, 0.3) is 11.3 Å². The molecule has 0 unspecified atom stereocenters. The van der Waals surface area contributed by atoms with Gasteiger partial charge in [0.05, 0.1) is 5.69 Å². The van der Waals surface area contributed by atoms with Crippen LogP contribution in [-0.2, 0) is 6.42 Å². The molecule has 32 heavy (non-hydrogen) atoms. The number of carbonyl (C=O) groups is 1. The van der Waals surface area contributed by atoms with Crippen molar-refractivity contribution in [1.82, 2.24) is 25.1 Å². The number of rotatable bonds is 9. The molecule has 1 aromatic carbocycles. The smallest absolute Gasteiger partial charge is 0.251 e. The average Bonchev–Trinajstić information content (AvgIpc) is 3.30. The van der Waals surface area contributed by atoms with Crippen molar-refractivity contribution in [1.29, 1.82) is 0 Å². The highest BCUT2D eigenvalue weighted by molar-refractivity contribution is 7.14. The molecule has 1 aliphatic heterocycles. The topological polar surface area (TPSA) is 73.4 Å². The maximum Gasteiger partial charge on any atom is 0.251 e. The zero-order valence-electron chi connectivity index (χ0n) is 18.5. The minimum atomic E-state index is -0.0262. The van der Waals surface area contributed by atoms with Crippen molar-refractivity contribution in [2.45, 2.75) is 6.42 Å². The van der Waals surface area contributed by atoms with Gasteiger partial charge in [0.25, 0.3) is 5.91 Å². The van der Waals surface area contributed by atoms with E-state index in [1.165, 1.54) is 5.56 Å². The second kappa shape index (κ2) is 11.2. The molecular weight excluding hydrogens is 420 g/mol. The number of nitrogens with one attached hydrogen (secondary N) is 2. The van der Waals surface area contributed by atoms with Gasteiger partial charge in [0.2, 0.25) is 0 Å². The standard InChI is InChI=1S/C24H30N6OS/c1-29-13-15-30(16-14-29)12-11-26-23(31)21-6-4-20(5-7-21)22-18-32-24(28-22)27-10-8-19-3-2-9-25-17-19/h2-7,9,17-18H,8,10-16H2,1H3,(H,26,31)(H,27,28). The Morgan fingerprint density at radius 1 is 1.09 bits per heavy atom. The van der Waals surface area contributed by atoms with Gasteiger partial charge in [-0.1, -0.05) is 18.2 Å².